The maximum atomic E-state index is 14.8. The maximum Gasteiger partial charge on any atom is 0.266 e. The van der Waals surface area contributed by atoms with Gasteiger partial charge in [-0.05, 0) is 37.5 Å². The van der Waals surface area contributed by atoms with Crippen molar-refractivity contribution in [1.29, 1.82) is 0 Å². The first-order chi connectivity index (χ1) is 14.8. The van der Waals surface area contributed by atoms with Gasteiger partial charge >= 0.3 is 0 Å². The van der Waals surface area contributed by atoms with Gasteiger partial charge in [-0.2, -0.15) is 0 Å². The molecule has 1 aromatic heterocycles. The fraction of sp³-hybridized carbons (Fsp3) is 0.500. The van der Waals surface area contributed by atoms with E-state index in [4.69, 9.17) is 11.6 Å². The lowest BCUT2D eigenvalue weighted by molar-refractivity contribution is 0.135. The first kappa shape index (κ1) is 22.2. The Morgan fingerprint density at radius 1 is 1.23 bits per heavy atom. The molecule has 2 fully saturated rings. The van der Waals surface area contributed by atoms with Crippen molar-refractivity contribution >= 4 is 33.1 Å². The average Bonchev–Trinajstić information content (AvgIpc) is 3.17. The molecule has 4 rings (SSSR count). The van der Waals surface area contributed by atoms with Crippen LogP contribution >= 0.6 is 11.6 Å². The van der Waals surface area contributed by atoms with Gasteiger partial charge in [-0.1, -0.05) is 24.4 Å². The van der Waals surface area contributed by atoms with Crippen LogP contribution in [-0.2, 0) is 10.0 Å². The molecule has 1 aliphatic carbocycles. The number of anilines is 2. The molecule has 1 aliphatic heterocycles. The Morgan fingerprint density at radius 2 is 2.03 bits per heavy atom. The molecule has 0 spiro atoms. The highest BCUT2D eigenvalue weighted by atomic mass is 35.5. The van der Waals surface area contributed by atoms with Crippen LogP contribution in [0.5, 0.6) is 0 Å². The highest BCUT2D eigenvalue weighted by Crippen LogP contribution is 2.33. The van der Waals surface area contributed by atoms with Crippen LogP contribution in [0.25, 0.3) is 0 Å². The molecule has 1 saturated heterocycles. The predicted octanol–water partition coefficient (Wildman–Crippen LogP) is 2.86. The standard InChI is InChI=1S/C20H25ClFN5O3S/c21-14-9-19(31(29,30)26-20-5-7-23-12-24-20)15(22)10-17(14)25-16-3-1-2-4-18(16)27-8-6-13(28)11-27/h5,7,9-10,12-13,16,18,25,28H,1-4,6,8,11H2,(H,23,24,26)/t13?,16?,18-/m0/s1. The second-order valence-corrected chi connectivity index (χ2v) is 10.1. The molecule has 2 heterocycles. The van der Waals surface area contributed by atoms with Gasteiger partial charge in [0.05, 0.1) is 16.8 Å². The highest BCUT2D eigenvalue weighted by molar-refractivity contribution is 7.92. The number of aromatic nitrogens is 2. The Kier molecular flexibility index (Phi) is 6.61. The van der Waals surface area contributed by atoms with E-state index in [0.717, 1.165) is 50.8 Å². The van der Waals surface area contributed by atoms with Crippen LogP contribution in [0.3, 0.4) is 0 Å². The number of likely N-dealkylation sites (tertiary alicyclic amines) is 1. The van der Waals surface area contributed by atoms with E-state index in [1.54, 1.807) is 0 Å². The van der Waals surface area contributed by atoms with Gasteiger partial charge in [0.15, 0.2) is 0 Å². The Labute approximate surface area is 185 Å². The van der Waals surface area contributed by atoms with Crippen molar-refractivity contribution in [2.45, 2.75) is 55.2 Å². The molecular formula is C20H25ClFN5O3S. The van der Waals surface area contributed by atoms with Crippen molar-refractivity contribution in [1.82, 2.24) is 14.9 Å². The molecule has 168 valence electrons. The van der Waals surface area contributed by atoms with Crippen LogP contribution < -0.4 is 10.0 Å². The SMILES string of the molecule is O=S(=O)(Nc1ccncn1)c1cc(Cl)c(NC2CCCC[C@@H]2N2CCC(O)C2)cc1F. The average molecular weight is 470 g/mol. The van der Waals surface area contributed by atoms with Gasteiger partial charge in [0, 0.05) is 31.4 Å². The normalized spacial score (nSPS) is 24.8. The maximum absolute atomic E-state index is 14.8. The lowest BCUT2D eigenvalue weighted by atomic mass is 9.89. The second kappa shape index (κ2) is 9.23. The Bertz CT molecular complexity index is 1030. The number of nitrogens with one attached hydrogen (secondary N) is 2. The second-order valence-electron chi connectivity index (χ2n) is 8.00. The van der Waals surface area contributed by atoms with Crippen molar-refractivity contribution in [3.63, 3.8) is 0 Å². The summed E-state index contributed by atoms with van der Waals surface area (Å²) < 4.78 is 42.3. The zero-order valence-corrected chi connectivity index (χ0v) is 18.4. The lowest BCUT2D eigenvalue weighted by Gasteiger charge is -2.39. The number of hydrogen-bond donors (Lipinski definition) is 3. The number of nitrogens with zero attached hydrogens (tertiary/aromatic N) is 3. The minimum Gasteiger partial charge on any atom is -0.392 e. The van der Waals surface area contributed by atoms with Gasteiger partial charge in [-0.3, -0.25) is 9.62 Å². The fourth-order valence-corrected chi connectivity index (χ4v) is 5.75. The van der Waals surface area contributed by atoms with E-state index < -0.39 is 20.7 Å². The van der Waals surface area contributed by atoms with Gasteiger partial charge in [-0.25, -0.2) is 22.8 Å². The summed E-state index contributed by atoms with van der Waals surface area (Å²) in [6.45, 7) is 1.47. The van der Waals surface area contributed by atoms with E-state index >= 15 is 0 Å². The molecule has 2 aliphatic rings. The molecule has 0 radical (unpaired) electrons. The molecule has 8 nitrogen and oxygen atoms in total. The van der Waals surface area contributed by atoms with Crippen LogP contribution in [0.2, 0.25) is 5.02 Å². The van der Waals surface area contributed by atoms with Crippen molar-refractivity contribution in [3.05, 3.63) is 41.6 Å². The number of hydrogen-bond acceptors (Lipinski definition) is 7. The first-order valence-corrected chi connectivity index (χ1v) is 12.2. The Hall–Kier alpha value is -2.01. The van der Waals surface area contributed by atoms with Crippen LogP contribution in [-0.4, -0.2) is 59.7 Å². The van der Waals surface area contributed by atoms with Gasteiger partial charge in [0.25, 0.3) is 10.0 Å². The zero-order valence-electron chi connectivity index (χ0n) is 16.8. The van der Waals surface area contributed by atoms with E-state index in [1.165, 1.54) is 18.6 Å². The fourth-order valence-electron chi connectivity index (χ4n) is 4.37. The van der Waals surface area contributed by atoms with Crippen molar-refractivity contribution < 1.29 is 17.9 Å². The Balaban J connectivity index is 1.54. The molecule has 3 N–H and O–H groups in total. The summed E-state index contributed by atoms with van der Waals surface area (Å²) in [5.41, 5.74) is 0.358. The smallest absolute Gasteiger partial charge is 0.266 e. The lowest BCUT2D eigenvalue weighted by Crippen LogP contribution is -2.48. The number of aliphatic hydroxyl groups excluding tert-OH is 1. The quantitative estimate of drug-likeness (QED) is 0.597. The summed E-state index contributed by atoms with van der Waals surface area (Å²) in [6.07, 6.45) is 7.03. The van der Waals surface area contributed by atoms with Crippen LogP contribution in [0.4, 0.5) is 15.9 Å². The topological polar surface area (TPSA) is 107 Å². The van der Waals surface area contributed by atoms with E-state index in [9.17, 15) is 17.9 Å². The molecule has 31 heavy (non-hydrogen) atoms. The van der Waals surface area contributed by atoms with Gasteiger partial charge in [0.1, 0.15) is 22.9 Å². The van der Waals surface area contributed by atoms with Gasteiger partial charge in [0.2, 0.25) is 0 Å². The third-order valence-corrected chi connectivity index (χ3v) is 7.55. The van der Waals surface area contributed by atoms with Crippen LogP contribution in [0, 0.1) is 5.82 Å². The zero-order chi connectivity index (χ0) is 22.0. The number of β-amino-alcohol motifs (C(OH)–C–C–N with tert-alkyl or cyclic N) is 1. The third-order valence-electron chi connectivity index (χ3n) is 5.87. The summed E-state index contributed by atoms with van der Waals surface area (Å²) in [7, 11) is -4.21. The largest absolute Gasteiger partial charge is 0.392 e. The number of rotatable bonds is 6. The minimum absolute atomic E-state index is 0.0329. The molecule has 0 bridgehead atoms. The minimum atomic E-state index is -4.21. The summed E-state index contributed by atoms with van der Waals surface area (Å²) >= 11 is 6.36. The molecule has 1 saturated carbocycles. The molecule has 0 amide bonds. The van der Waals surface area contributed by atoms with E-state index in [0.29, 0.717) is 12.2 Å². The van der Waals surface area contributed by atoms with E-state index in [-0.39, 0.29) is 29.0 Å². The molecule has 3 atom stereocenters. The Morgan fingerprint density at radius 3 is 2.74 bits per heavy atom. The van der Waals surface area contributed by atoms with Crippen molar-refractivity contribution in [2.75, 3.05) is 23.1 Å². The molecular weight excluding hydrogens is 445 g/mol. The molecule has 2 unspecified atom stereocenters. The van der Waals surface area contributed by atoms with Gasteiger partial charge < -0.3 is 10.4 Å². The predicted molar refractivity (Wildman–Crippen MR) is 116 cm³/mol. The monoisotopic (exact) mass is 469 g/mol. The number of benzene rings is 1. The van der Waals surface area contributed by atoms with E-state index in [1.807, 2.05) is 0 Å². The molecule has 11 heteroatoms. The number of aliphatic hydroxyl groups is 1. The summed E-state index contributed by atoms with van der Waals surface area (Å²) in [4.78, 5) is 9.24. The first-order valence-electron chi connectivity index (χ1n) is 10.3. The van der Waals surface area contributed by atoms with Crippen LogP contribution in [0.15, 0.2) is 35.6 Å². The molecule has 2 aromatic rings. The highest BCUT2D eigenvalue weighted by Gasteiger charge is 2.34. The van der Waals surface area contributed by atoms with Crippen molar-refractivity contribution in [3.8, 4) is 0 Å². The third kappa shape index (κ3) is 5.08. The molecule has 1 aromatic carbocycles. The van der Waals surface area contributed by atoms with Crippen LogP contribution in [0.1, 0.15) is 32.1 Å². The summed E-state index contributed by atoms with van der Waals surface area (Å²) in [5.74, 6) is -0.872. The summed E-state index contributed by atoms with van der Waals surface area (Å²) in [6, 6.07) is 3.86. The number of halogens is 2. The van der Waals surface area contributed by atoms with E-state index in [2.05, 4.69) is 24.9 Å². The van der Waals surface area contributed by atoms with Crippen molar-refractivity contribution in [2.24, 2.45) is 0 Å². The van der Waals surface area contributed by atoms with Gasteiger partial charge in [-0.15, -0.1) is 0 Å². The number of sulfonamides is 1. The summed E-state index contributed by atoms with van der Waals surface area (Å²) in [5, 5.41) is 13.3.